The van der Waals surface area contributed by atoms with Crippen molar-refractivity contribution in [3.05, 3.63) is 0 Å². The van der Waals surface area contributed by atoms with E-state index in [1.807, 2.05) is 0 Å². The Hall–Kier alpha value is -0.720. The fourth-order valence-electron chi connectivity index (χ4n) is 0.935. The molecule has 0 aliphatic carbocycles. The van der Waals surface area contributed by atoms with Gasteiger partial charge in [0, 0.05) is 0 Å². The van der Waals surface area contributed by atoms with Gasteiger partial charge in [-0.3, -0.25) is 4.79 Å². The number of rotatable bonds is 4. The zero-order chi connectivity index (χ0) is 12.4. The number of carbonyl (C=O) groups excluding carboxylic acids is 1. The van der Waals surface area contributed by atoms with Crippen molar-refractivity contribution in [1.29, 1.82) is 0 Å². The third kappa shape index (κ3) is 3.73. The smallest absolute Gasteiger partial charge is 0.386 e. The Labute approximate surface area is 83.1 Å². The number of Topliss-reactive ketones (excluding diaryl/α,β-unsaturated/α-hetero) is 1. The SMILES string of the molecule is CC(C)CC(O)C(F)(F)C(=O)C(F)(F)F. The van der Waals surface area contributed by atoms with Crippen LogP contribution in [-0.2, 0) is 4.79 Å². The van der Waals surface area contributed by atoms with E-state index in [1.54, 1.807) is 0 Å². The van der Waals surface area contributed by atoms with Crippen LogP contribution in [0.5, 0.6) is 0 Å². The summed E-state index contributed by atoms with van der Waals surface area (Å²) in [6.07, 6.45) is -8.82. The van der Waals surface area contributed by atoms with Gasteiger partial charge in [0.2, 0.25) is 0 Å². The lowest BCUT2D eigenvalue weighted by Crippen LogP contribution is -2.48. The van der Waals surface area contributed by atoms with Crippen LogP contribution >= 0.6 is 0 Å². The van der Waals surface area contributed by atoms with Gasteiger partial charge in [-0.2, -0.15) is 22.0 Å². The molecule has 15 heavy (non-hydrogen) atoms. The zero-order valence-corrected chi connectivity index (χ0v) is 8.11. The second kappa shape index (κ2) is 4.42. The number of aliphatic hydroxyl groups excluding tert-OH is 1. The summed E-state index contributed by atoms with van der Waals surface area (Å²) < 4.78 is 60.6. The zero-order valence-electron chi connectivity index (χ0n) is 8.11. The minimum atomic E-state index is -5.64. The van der Waals surface area contributed by atoms with Gasteiger partial charge < -0.3 is 5.11 Å². The summed E-state index contributed by atoms with van der Waals surface area (Å²) in [5.74, 6) is -8.42. The highest BCUT2D eigenvalue weighted by molar-refractivity contribution is 5.91. The van der Waals surface area contributed by atoms with E-state index in [2.05, 4.69) is 0 Å². The van der Waals surface area contributed by atoms with Gasteiger partial charge in [-0.15, -0.1) is 0 Å². The summed E-state index contributed by atoms with van der Waals surface area (Å²) >= 11 is 0. The number of hydrogen-bond donors (Lipinski definition) is 1. The topological polar surface area (TPSA) is 37.3 Å². The first kappa shape index (κ1) is 14.3. The van der Waals surface area contributed by atoms with Gasteiger partial charge >= 0.3 is 17.9 Å². The van der Waals surface area contributed by atoms with E-state index >= 15 is 0 Å². The Kier molecular flexibility index (Phi) is 4.21. The van der Waals surface area contributed by atoms with Gasteiger partial charge in [0.05, 0.1) is 0 Å². The number of halogens is 5. The lowest BCUT2D eigenvalue weighted by atomic mass is 9.98. The van der Waals surface area contributed by atoms with Crippen molar-refractivity contribution in [2.24, 2.45) is 5.92 Å². The van der Waals surface area contributed by atoms with Crippen LogP contribution in [0, 0.1) is 5.92 Å². The minimum Gasteiger partial charge on any atom is -0.386 e. The molecule has 0 saturated carbocycles. The Morgan fingerprint density at radius 3 is 1.87 bits per heavy atom. The highest BCUT2D eigenvalue weighted by atomic mass is 19.4. The molecule has 0 saturated heterocycles. The third-order valence-corrected chi connectivity index (χ3v) is 1.67. The lowest BCUT2D eigenvalue weighted by molar-refractivity contribution is -0.209. The molecule has 0 aromatic carbocycles. The normalized spacial score (nSPS) is 15.5. The van der Waals surface area contributed by atoms with Crippen LogP contribution in [0.15, 0.2) is 0 Å². The van der Waals surface area contributed by atoms with Crippen LogP contribution in [0.3, 0.4) is 0 Å². The molecule has 1 atom stereocenters. The van der Waals surface area contributed by atoms with Crippen molar-refractivity contribution in [3.63, 3.8) is 0 Å². The van der Waals surface area contributed by atoms with Gasteiger partial charge in [-0.05, 0) is 12.3 Å². The highest BCUT2D eigenvalue weighted by Gasteiger charge is 2.58. The Morgan fingerprint density at radius 2 is 1.60 bits per heavy atom. The highest BCUT2D eigenvalue weighted by Crippen LogP contribution is 2.32. The summed E-state index contributed by atoms with van der Waals surface area (Å²) in [6.45, 7) is 2.88. The first-order valence-electron chi connectivity index (χ1n) is 4.17. The predicted octanol–water partition coefficient (Wildman–Crippen LogP) is 2.16. The Balaban J connectivity index is 4.74. The molecule has 0 spiro atoms. The number of aliphatic hydroxyl groups is 1. The Morgan fingerprint density at radius 1 is 1.20 bits per heavy atom. The van der Waals surface area contributed by atoms with E-state index in [0.717, 1.165) is 0 Å². The predicted molar refractivity (Wildman–Crippen MR) is 41.5 cm³/mol. The fourth-order valence-corrected chi connectivity index (χ4v) is 0.935. The molecule has 90 valence electrons. The van der Waals surface area contributed by atoms with Gasteiger partial charge in [-0.1, -0.05) is 13.8 Å². The monoisotopic (exact) mass is 234 g/mol. The largest absolute Gasteiger partial charge is 0.456 e. The van der Waals surface area contributed by atoms with Crippen molar-refractivity contribution in [2.75, 3.05) is 0 Å². The van der Waals surface area contributed by atoms with Gasteiger partial charge in [0.25, 0.3) is 0 Å². The second-order valence-electron chi connectivity index (χ2n) is 3.60. The summed E-state index contributed by atoms with van der Waals surface area (Å²) in [4.78, 5) is 10.3. The van der Waals surface area contributed by atoms with Gasteiger partial charge in [0.1, 0.15) is 6.10 Å². The van der Waals surface area contributed by atoms with E-state index in [4.69, 9.17) is 5.11 Å². The molecular weight excluding hydrogens is 223 g/mol. The third-order valence-electron chi connectivity index (χ3n) is 1.67. The molecule has 0 aromatic rings. The average Bonchev–Trinajstić information content (AvgIpc) is 1.99. The fraction of sp³-hybridized carbons (Fsp3) is 0.875. The number of carbonyl (C=O) groups is 1. The van der Waals surface area contributed by atoms with Crippen LogP contribution < -0.4 is 0 Å². The van der Waals surface area contributed by atoms with Crippen LogP contribution in [0.2, 0.25) is 0 Å². The molecule has 0 amide bonds. The van der Waals surface area contributed by atoms with Crippen molar-refractivity contribution in [2.45, 2.75) is 38.5 Å². The average molecular weight is 234 g/mol. The molecule has 0 aromatic heterocycles. The first-order valence-corrected chi connectivity index (χ1v) is 4.17. The molecule has 0 bridgehead atoms. The van der Waals surface area contributed by atoms with E-state index in [-0.39, 0.29) is 0 Å². The maximum absolute atomic E-state index is 12.7. The van der Waals surface area contributed by atoms with Crippen molar-refractivity contribution in [1.82, 2.24) is 0 Å². The summed E-state index contributed by atoms with van der Waals surface area (Å²) in [6, 6.07) is 0. The molecule has 0 rings (SSSR count). The molecule has 0 aliphatic rings. The minimum absolute atomic E-state index is 0.438. The first-order chi connectivity index (χ1) is 6.49. The number of ketones is 1. The summed E-state index contributed by atoms with van der Waals surface area (Å²) in [5.41, 5.74) is 0. The quantitative estimate of drug-likeness (QED) is 0.757. The molecular formula is C8H11F5O2. The molecule has 2 nitrogen and oxygen atoms in total. The molecule has 7 heteroatoms. The van der Waals surface area contributed by atoms with E-state index < -0.39 is 36.3 Å². The van der Waals surface area contributed by atoms with E-state index in [0.29, 0.717) is 0 Å². The van der Waals surface area contributed by atoms with Crippen molar-refractivity contribution >= 4 is 5.78 Å². The maximum Gasteiger partial charge on any atom is 0.456 e. The summed E-state index contributed by atoms with van der Waals surface area (Å²) in [7, 11) is 0. The number of alkyl halides is 5. The van der Waals surface area contributed by atoms with Crippen LogP contribution in [0.4, 0.5) is 22.0 Å². The van der Waals surface area contributed by atoms with Crippen LogP contribution in [-0.4, -0.2) is 29.1 Å². The van der Waals surface area contributed by atoms with Crippen LogP contribution in [0.25, 0.3) is 0 Å². The van der Waals surface area contributed by atoms with Gasteiger partial charge in [0.15, 0.2) is 0 Å². The van der Waals surface area contributed by atoms with E-state index in [1.165, 1.54) is 13.8 Å². The molecule has 1 N–H and O–H groups in total. The van der Waals surface area contributed by atoms with Gasteiger partial charge in [-0.25, -0.2) is 0 Å². The molecule has 1 unspecified atom stereocenters. The van der Waals surface area contributed by atoms with Crippen molar-refractivity contribution < 1.29 is 31.9 Å². The second-order valence-corrected chi connectivity index (χ2v) is 3.60. The lowest BCUT2D eigenvalue weighted by Gasteiger charge is -2.23. The molecule has 0 aliphatic heterocycles. The maximum atomic E-state index is 12.7. The molecule has 0 fully saturated rings. The van der Waals surface area contributed by atoms with Crippen molar-refractivity contribution in [3.8, 4) is 0 Å². The standard InChI is InChI=1S/C8H11F5O2/c1-4(2)3-5(14)7(9,10)6(15)8(11,12)13/h4-5,14H,3H2,1-2H3. The van der Waals surface area contributed by atoms with E-state index in [9.17, 15) is 26.7 Å². The number of hydrogen-bond acceptors (Lipinski definition) is 2. The molecule has 0 heterocycles. The van der Waals surface area contributed by atoms with Crippen LogP contribution in [0.1, 0.15) is 20.3 Å². The Bertz CT molecular complexity index is 234. The summed E-state index contributed by atoms with van der Waals surface area (Å²) in [5, 5.41) is 8.81. The molecule has 0 radical (unpaired) electrons.